The number of carbonyl (C=O) groups is 1. The van der Waals surface area contributed by atoms with Gasteiger partial charge in [0.15, 0.2) is 0 Å². The largest absolute Gasteiger partial charge is 0.388 e. The van der Waals surface area contributed by atoms with Gasteiger partial charge in [0.25, 0.3) is 5.91 Å². The Kier molecular flexibility index (Phi) is 3.28. The van der Waals surface area contributed by atoms with E-state index >= 15 is 0 Å². The number of rotatable bonds is 2. The molecule has 0 radical (unpaired) electrons. The van der Waals surface area contributed by atoms with Crippen LogP contribution in [-0.2, 0) is 6.42 Å². The summed E-state index contributed by atoms with van der Waals surface area (Å²) in [5.74, 6) is -0.0969. The zero-order valence-corrected chi connectivity index (χ0v) is 9.91. The van der Waals surface area contributed by atoms with Crippen LogP contribution in [-0.4, -0.2) is 46.3 Å². The molecule has 1 aliphatic heterocycles. The summed E-state index contributed by atoms with van der Waals surface area (Å²) in [5, 5.41) is 18.7. The highest BCUT2D eigenvalue weighted by Gasteiger charge is 2.33. The lowest BCUT2D eigenvalue weighted by atomic mass is 10.3. The van der Waals surface area contributed by atoms with Crippen molar-refractivity contribution >= 4 is 17.2 Å². The highest BCUT2D eigenvalue weighted by atomic mass is 32.1. The van der Waals surface area contributed by atoms with E-state index in [1.807, 2.05) is 19.1 Å². The van der Waals surface area contributed by atoms with Gasteiger partial charge in [-0.25, -0.2) is 0 Å². The van der Waals surface area contributed by atoms with Crippen molar-refractivity contribution in [1.82, 2.24) is 4.90 Å². The second-order valence-electron chi connectivity index (χ2n) is 3.96. The third-order valence-corrected chi connectivity index (χ3v) is 3.98. The van der Waals surface area contributed by atoms with E-state index < -0.39 is 12.2 Å². The van der Waals surface area contributed by atoms with Crippen LogP contribution >= 0.6 is 11.3 Å². The molecule has 2 unspecified atom stereocenters. The number of aliphatic hydroxyl groups excluding tert-OH is 2. The molecule has 2 rings (SSSR count). The first-order valence-corrected chi connectivity index (χ1v) is 6.17. The van der Waals surface area contributed by atoms with Crippen LogP contribution in [0.3, 0.4) is 0 Å². The quantitative estimate of drug-likeness (QED) is 0.792. The molecule has 1 aromatic heterocycles. The molecule has 1 amide bonds. The topological polar surface area (TPSA) is 60.8 Å². The number of thiophene rings is 1. The lowest BCUT2D eigenvalue weighted by molar-refractivity contribution is 0.0572. The van der Waals surface area contributed by atoms with Crippen molar-refractivity contribution < 1.29 is 15.0 Å². The predicted octanol–water partition coefficient (Wildman–Crippen LogP) is 0.488. The summed E-state index contributed by atoms with van der Waals surface area (Å²) in [4.78, 5) is 15.3. The van der Waals surface area contributed by atoms with Gasteiger partial charge in [0.05, 0.1) is 17.1 Å². The minimum absolute atomic E-state index is 0.0969. The van der Waals surface area contributed by atoms with E-state index in [1.165, 1.54) is 21.1 Å². The third kappa shape index (κ3) is 2.11. The molecule has 5 heteroatoms. The molecule has 0 spiro atoms. The van der Waals surface area contributed by atoms with Gasteiger partial charge in [0, 0.05) is 18.0 Å². The summed E-state index contributed by atoms with van der Waals surface area (Å²) in [6.07, 6.45) is -0.701. The van der Waals surface area contributed by atoms with E-state index in [-0.39, 0.29) is 19.0 Å². The Labute approximate surface area is 98.1 Å². The molecule has 0 bridgehead atoms. The van der Waals surface area contributed by atoms with Crippen molar-refractivity contribution in [2.75, 3.05) is 13.1 Å². The van der Waals surface area contributed by atoms with Gasteiger partial charge in [-0.1, -0.05) is 6.92 Å². The van der Waals surface area contributed by atoms with Gasteiger partial charge in [-0.2, -0.15) is 0 Å². The Hall–Kier alpha value is -0.910. The molecule has 2 N–H and O–H groups in total. The lowest BCUT2D eigenvalue weighted by Crippen LogP contribution is -2.29. The number of likely N-dealkylation sites (tertiary alicyclic amines) is 1. The Balaban J connectivity index is 2.08. The van der Waals surface area contributed by atoms with Crippen LogP contribution in [0, 0.1) is 0 Å². The zero-order valence-electron chi connectivity index (χ0n) is 9.09. The lowest BCUT2D eigenvalue weighted by Gasteiger charge is -2.13. The van der Waals surface area contributed by atoms with Crippen LogP contribution in [0.15, 0.2) is 12.1 Å². The maximum Gasteiger partial charge on any atom is 0.264 e. The number of hydrogen-bond acceptors (Lipinski definition) is 4. The summed E-state index contributed by atoms with van der Waals surface area (Å²) in [6, 6.07) is 3.75. The number of hydrogen-bond donors (Lipinski definition) is 2. The molecule has 4 nitrogen and oxygen atoms in total. The smallest absolute Gasteiger partial charge is 0.264 e. The first kappa shape index (κ1) is 11.6. The summed E-state index contributed by atoms with van der Waals surface area (Å²) in [7, 11) is 0. The summed E-state index contributed by atoms with van der Waals surface area (Å²) >= 11 is 1.48. The maximum atomic E-state index is 12.0. The highest BCUT2D eigenvalue weighted by molar-refractivity contribution is 7.14. The zero-order chi connectivity index (χ0) is 11.7. The van der Waals surface area contributed by atoms with E-state index in [2.05, 4.69) is 0 Å². The molecule has 1 aromatic rings. The van der Waals surface area contributed by atoms with Crippen molar-refractivity contribution in [2.24, 2.45) is 0 Å². The number of aliphatic hydroxyl groups is 2. The minimum Gasteiger partial charge on any atom is -0.388 e. The Morgan fingerprint density at radius 3 is 2.56 bits per heavy atom. The Morgan fingerprint density at radius 1 is 1.44 bits per heavy atom. The molecular weight excluding hydrogens is 226 g/mol. The number of amides is 1. The van der Waals surface area contributed by atoms with Crippen LogP contribution < -0.4 is 0 Å². The molecule has 0 aliphatic carbocycles. The van der Waals surface area contributed by atoms with Crippen molar-refractivity contribution in [2.45, 2.75) is 25.6 Å². The van der Waals surface area contributed by atoms with Gasteiger partial charge in [-0.15, -0.1) is 11.3 Å². The van der Waals surface area contributed by atoms with E-state index in [9.17, 15) is 15.0 Å². The van der Waals surface area contributed by atoms with Crippen LogP contribution in [0.25, 0.3) is 0 Å². The van der Waals surface area contributed by atoms with Crippen LogP contribution in [0.4, 0.5) is 0 Å². The van der Waals surface area contributed by atoms with Crippen molar-refractivity contribution in [3.63, 3.8) is 0 Å². The Bertz CT molecular complexity index is 380. The molecule has 1 saturated heterocycles. The van der Waals surface area contributed by atoms with Gasteiger partial charge in [0.2, 0.25) is 0 Å². The molecule has 1 aliphatic rings. The number of carbonyl (C=O) groups excluding carboxylic acids is 1. The van der Waals surface area contributed by atoms with Crippen molar-refractivity contribution in [1.29, 1.82) is 0 Å². The van der Waals surface area contributed by atoms with Crippen LogP contribution in [0.1, 0.15) is 21.5 Å². The second kappa shape index (κ2) is 4.53. The molecule has 88 valence electrons. The second-order valence-corrected chi connectivity index (χ2v) is 5.13. The summed E-state index contributed by atoms with van der Waals surface area (Å²) in [5.41, 5.74) is 0. The average molecular weight is 241 g/mol. The van der Waals surface area contributed by atoms with Crippen LogP contribution in [0.2, 0.25) is 0 Å². The Morgan fingerprint density at radius 2 is 2.06 bits per heavy atom. The molecular formula is C11H15NO3S. The maximum absolute atomic E-state index is 12.0. The van der Waals surface area contributed by atoms with Crippen molar-refractivity contribution in [3.8, 4) is 0 Å². The van der Waals surface area contributed by atoms with Gasteiger partial charge in [-0.3, -0.25) is 4.79 Å². The third-order valence-electron chi connectivity index (χ3n) is 2.77. The number of aryl methyl sites for hydroxylation is 1. The predicted molar refractivity (Wildman–Crippen MR) is 61.6 cm³/mol. The van der Waals surface area contributed by atoms with Crippen molar-refractivity contribution in [3.05, 3.63) is 21.9 Å². The van der Waals surface area contributed by atoms with Crippen LogP contribution in [0.5, 0.6) is 0 Å². The molecule has 0 aromatic carbocycles. The minimum atomic E-state index is -0.811. The SMILES string of the molecule is CCc1ccc(C(=O)N2CC(O)C(O)C2)s1. The standard InChI is InChI=1S/C11H15NO3S/c1-2-7-3-4-10(16-7)11(15)12-5-8(13)9(14)6-12/h3-4,8-9,13-14H,2,5-6H2,1H3. The number of β-amino-alcohol motifs (C(OH)–C–C–N with tert-alkyl or cyclic N) is 2. The van der Waals surface area contributed by atoms with Gasteiger partial charge in [-0.05, 0) is 18.6 Å². The number of nitrogens with zero attached hydrogens (tertiary/aromatic N) is 1. The fourth-order valence-corrected chi connectivity index (χ4v) is 2.69. The fourth-order valence-electron chi connectivity index (χ4n) is 1.77. The first-order valence-electron chi connectivity index (χ1n) is 5.36. The van der Waals surface area contributed by atoms with E-state index in [4.69, 9.17) is 0 Å². The highest BCUT2D eigenvalue weighted by Crippen LogP contribution is 2.21. The first-order chi connectivity index (χ1) is 7.61. The van der Waals surface area contributed by atoms with E-state index in [1.54, 1.807) is 0 Å². The molecule has 1 fully saturated rings. The summed E-state index contributed by atoms with van der Waals surface area (Å²) < 4.78 is 0. The molecule has 16 heavy (non-hydrogen) atoms. The van der Waals surface area contributed by atoms with Gasteiger partial charge in [0.1, 0.15) is 0 Å². The van der Waals surface area contributed by atoms with E-state index in [0.29, 0.717) is 4.88 Å². The monoisotopic (exact) mass is 241 g/mol. The normalized spacial score (nSPS) is 25.1. The fraction of sp³-hybridized carbons (Fsp3) is 0.545. The van der Waals surface area contributed by atoms with Gasteiger partial charge < -0.3 is 15.1 Å². The summed E-state index contributed by atoms with van der Waals surface area (Å²) in [6.45, 7) is 2.49. The van der Waals surface area contributed by atoms with Gasteiger partial charge >= 0.3 is 0 Å². The average Bonchev–Trinajstić information content (AvgIpc) is 2.86. The molecule has 2 atom stereocenters. The molecule has 2 heterocycles. The molecule has 0 saturated carbocycles. The van der Waals surface area contributed by atoms with E-state index in [0.717, 1.165) is 6.42 Å².